The van der Waals surface area contributed by atoms with Crippen molar-refractivity contribution in [3.8, 4) is 0 Å². The lowest BCUT2D eigenvalue weighted by Gasteiger charge is -2.28. The molecule has 2 bridgehead atoms. The summed E-state index contributed by atoms with van der Waals surface area (Å²) in [6.45, 7) is 0. The quantitative estimate of drug-likeness (QED) is 0.890. The summed E-state index contributed by atoms with van der Waals surface area (Å²) in [6, 6.07) is 14.8. The number of carboxylic acids is 1. The van der Waals surface area contributed by atoms with E-state index in [-0.39, 0.29) is 11.8 Å². The number of aliphatic carboxylic acids is 1. The Morgan fingerprint density at radius 3 is 2.55 bits per heavy atom. The minimum Gasteiger partial charge on any atom is -0.481 e. The molecule has 2 unspecified atom stereocenters. The first-order chi connectivity index (χ1) is 9.74. The monoisotopic (exact) mass is 266 g/mol. The normalized spacial score (nSPS) is 31.8. The first-order valence-corrected chi connectivity index (χ1v) is 7.45. The summed E-state index contributed by atoms with van der Waals surface area (Å²) in [5.74, 6) is 0.414. The van der Waals surface area contributed by atoms with E-state index in [1.807, 2.05) is 12.1 Å². The van der Waals surface area contributed by atoms with Crippen LogP contribution in [0.25, 0.3) is 10.8 Å². The number of carbonyl (C=O) groups is 1. The van der Waals surface area contributed by atoms with Crippen molar-refractivity contribution < 1.29 is 9.90 Å². The van der Waals surface area contributed by atoms with Crippen molar-refractivity contribution >= 4 is 16.7 Å². The van der Waals surface area contributed by atoms with Crippen molar-refractivity contribution in [2.24, 2.45) is 17.8 Å². The molecule has 0 radical (unpaired) electrons. The fourth-order valence-corrected chi connectivity index (χ4v) is 4.54. The van der Waals surface area contributed by atoms with Gasteiger partial charge in [-0.2, -0.15) is 0 Å². The summed E-state index contributed by atoms with van der Waals surface area (Å²) < 4.78 is 0. The molecule has 20 heavy (non-hydrogen) atoms. The molecule has 2 aromatic rings. The number of hydrogen-bond donors (Lipinski definition) is 1. The van der Waals surface area contributed by atoms with Crippen LogP contribution >= 0.6 is 0 Å². The van der Waals surface area contributed by atoms with Gasteiger partial charge in [-0.15, -0.1) is 0 Å². The fourth-order valence-electron chi connectivity index (χ4n) is 4.54. The zero-order chi connectivity index (χ0) is 13.7. The van der Waals surface area contributed by atoms with Gasteiger partial charge in [-0.25, -0.2) is 0 Å². The first kappa shape index (κ1) is 12.0. The molecule has 0 spiro atoms. The summed E-state index contributed by atoms with van der Waals surface area (Å²) in [7, 11) is 0. The van der Waals surface area contributed by atoms with E-state index in [1.165, 1.54) is 22.8 Å². The van der Waals surface area contributed by atoms with Crippen molar-refractivity contribution in [1.29, 1.82) is 0 Å². The Morgan fingerprint density at radius 1 is 1.00 bits per heavy atom. The molecule has 2 fully saturated rings. The van der Waals surface area contributed by atoms with Crippen molar-refractivity contribution in [3.63, 3.8) is 0 Å². The highest BCUT2D eigenvalue weighted by Gasteiger charge is 2.51. The van der Waals surface area contributed by atoms with Gasteiger partial charge in [0.05, 0.1) is 5.92 Å². The molecular weight excluding hydrogens is 248 g/mol. The van der Waals surface area contributed by atoms with Crippen LogP contribution in [0.4, 0.5) is 0 Å². The summed E-state index contributed by atoms with van der Waals surface area (Å²) in [6.07, 6.45) is 3.41. The van der Waals surface area contributed by atoms with Crippen LogP contribution in [-0.2, 0) is 4.79 Å². The average molecular weight is 266 g/mol. The third-order valence-corrected chi connectivity index (χ3v) is 5.36. The Morgan fingerprint density at radius 2 is 1.75 bits per heavy atom. The van der Waals surface area contributed by atoms with Crippen molar-refractivity contribution in [1.82, 2.24) is 0 Å². The summed E-state index contributed by atoms with van der Waals surface area (Å²) in [4.78, 5) is 11.6. The highest BCUT2D eigenvalue weighted by Crippen LogP contribution is 2.56. The molecule has 102 valence electrons. The molecule has 2 saturated carbocycles. The Kier molecular flexibility index (Phi) is 2.59. The molecule has 4 atom stereocenters. The third kappa shape index (κ3) is 1.67. The van der Waals surface area contributed by atoms with E-state index in [4.69, 9.17) is 0 Å². The molecule has 2 aliphatic carbocycles. The number of rotatable bonds is 2. The van der Waals surface area contributed by atoms with Gasteiger partial charge in [0.1, 0.15) is 0 Å². The fraction of sp³-hybridized carbons (Fsp3) is 0.389. The Labute approximate surface area is 118 Å². The van der Waals surface area contributed by atoms with Gasteiger partial charge < -0.3 is 5.11 Å². The van der Waals surface area contributed by atoms with Gasteiger partial charge in [-0.05, 0) is 47.4 Å². The Hall–Kier alpha value is -1.83. The molecule has 1 N–H and O–H groups in total. The molecule has 4 rings (SSSR count). The number of carboxylic acid groups (broad SMARTS) is 1. The van der Waals surface area contributed by atoms with E-state index in [2.05, 4.69) is 30.3 Å². The minimum atomic E-state index is -0.602. The van der Waals surface area contributed by atoms with Gasteiger partial charge in [-0.1, -0.05) is 42.5 Å². The highest BCUT2D eigenvalue weighted by atomic mass is 16.4. The predicted octanol–water partition coefficient (Wildman–Crippen LogP) is 4.05. The summed E-state index contributed by atoms with van der Waals surface area (Å²) in [5, 5.41) is 12.0. The molecule has 2 aromatic carbocycles. The zero-order valence-electron chi connectivity index (χ0n) is 11.3. The number of fused-ring (bicyclic) bond motifs is 3. The molecule has 0 amide bonds. The third-order valence-electron chi connectivity index (χ3n) is 5.36. The lowest BCUT2D eigenvalue weighted by Crippen LogP contribution is -2.27. The molecule has 2 nitrogen and oxygen atoms in total. The van der Waals surface area contributed by atoms with Crippen LogP contribution in [0.15, 0.2) is 42.5 Å². The standard InChI is InChI=1S/C18H18O2/c19-18(20)17-15-8-7-14(10-15)16(17)13-6-5-11-3-1-2-4-12(11)9-13/h1-6,9,14-17H,7-8,10H2,(H,19,20)/t14?,15?,16-,17-/m1/s1. The molecule has 0 aromatic heterocycles. The van der Waals surface area contributed by atoms with Gasteiger partial charge in [0.2, 0.25) is 0 Å². The van der Waals surface area contributed by atoms with Gasteiger partial charge in [0.25, 0.3) is 0 Å². The lowest BCUT2D eigenvalue weighted by molar-refractivity contribution is -0.144. The van der Waals surface area contributed by atoms with Gasteiger partial charge in [0.15, 0.2) is 0 Å². The maximum Gasteiger partial charge on any atom is 0.307 e. The summed E-state index contributed by atoms with van der Waals surface area (Å²) in [5.41, 5.74) is 1.23. The second kappa shape index (κ2) is 4.34. The molecule has 0 aliphatic heterocycles. The second-order valence-electron chi connectivity index (χ2n) is 6.33. The second-order valence-corrected chi connectivity index (χ2v) is 6.33. The van der Waals surface area contributed by atoms with Crippen LogP contribution in [0.5, 0.6) is 0 Å². The van der Waals surface area contributed by atoms with Gasteiger partial charge in [-0.3, -0.25) is 4.79 Å². The summed E-state index contributed by atoms with van der Waals surface area (Å²) >= 11 is 0. The van der Waals surface area contributed by atoms with Crippen molar-refractivity contribution in [2.45, 2.75) is 25.2 Å². The van der Waals surface area contributed by atoms with Crippen LogP contribution in [0, 0.1) is 17.8 Å². The molecule has 0 saturated heterocycles. The number of benzene rings is 2. The molecule has 2 heteroatoms. The van der Waals surface area contributed by atoms with E-state index >= 15 is 0 Å². The topological polar surface area (TPSA) is 37.3 Å². The minimum absolute atomic E-state index is 0.171. The van der Waals surface area contributed by atoms with Crippen LogP contribution in [-0.4, -0.2) is 11.1 Å². The van der Waals surface area contributed by atoms with Crippen LogP contribution in [0.2, 0.25) is 0 Å². The Balaban J connectivity index is 1.79. The zero-order valence-corrected chi connectivity index (χ0v) is 11.3. The van der Waals surface area contributed by atoms with E-state index in [0.717, 1.165) is 12.8 Å². The lowest BCUT2D eigenvalue weighted by atomic mass is 9.75. The Bertz CT molecular complexity index is 676. The SMILES string of the molecule is O=C(O)[C@@H]1C2CCC(C2)[C@H]1c1ccc2ccccc2c1. The van der Waals surface area contributed by atoms with Crippen LogP contribution in [0.1, 0.15) is 30.7 Å². The van der Waals surface area contributed by atoms with Crippen molar-refractivity contribution in [3.05, 3.63) is 48.0 Å². The maximum absolute atomic E-state index is 11.6. The maximum atomic E-state index is 11.6. The predicted molar refractivity (Wildman–Crippen MR) is 78.6 cm³/mol. The van der Waals surface area contributed by atoms with Gasteiger partial charge in [0, 0.05) is 5.92 Å². The van der Waals surface area contributed by atoms with E-state index in [0.29, 0.717) is 11.8 Å². The molecule has 2 aliphatic rings. The van der Waals surface area contributed by atoms with E-state index < -0.39 is 5.97 Å². The smallest absolute Gasteiger partial charge is 0.307 e. The van der Waals surface area contributed by atoms with Crippen LogP contribution < -0.4 is 0 Å². The van der Waals surface area contributed by atoms with Crippen LogP contribution in [0.3, 0.4) is 0 Å². The van der Waals surface area contributed by atoms with Crippen molar-refractivity contribution in [2.75, 3.05) is 0 Å². The largest absolute Gasteiger partial charge is 0.481 e. The average Bonchev–Trinajstić information content (AvgIpc) is 3.07. The van der Waals surface area contributed by atoms with E-state index in [1.54, 1.807) is 0 Å². The highest BCUT2D eigenvalue weighted by molar-refractivity contribution is 5.83. The molecule has 0 heterocycles. The number of hydrogen-bond acceptors (Lipinski definition) is 1. The van der Waals surface area contributed by atoms with Gasteiger partial charge >= 0.3 is 5.97 Å². The first-order valence-electron chi connectivity index (χ1n) is 7.45. The van der Waals surface area contributed by atoms with E-state index in [9.17, 15) is 9.90 Å². The molecular formula is C18H18O2.